The van der Waals surface area contributed by atoms with Crippen molar-refractivity contribution in [2.45, 2.75) is 0 Å². The lowest BCUT2D eigenvalue weighted by atomic mass is 10.5. The van der Waals surface area contributed by atoms with Gasteiger partial charge in [-0.25, -0.2) is 4.98 Å². The topological polar surface area (TPSA) is 22.1 Å². The fourth-order valence-electron chi connectivity index (χ4n) is 0.374. The van der Waals surface area contributed by atoms with E-state index in [0.29, 0.717) is 0 Å². The van der Waals surface area contributed by atoms with Gasteiger partial charge in [0.25, 0.3) is 0 Å². The zero-order valence-electron chi connectivity index (χ0n) is 9.61. The van der Waals surface area contributed by atoms with E-state index < -0.39 is 12.9 Å². The largest absolute Gasteiger partial charge is 0.481 e. The number of methoxy groups -OCH3 is 1. The molecule has 0 saturated heterocycles. The SMILES string of the molecule is [2H]c1nc(OC([2H])([2H])[2H])c([2H])c(Br)c1Cl. The summed E-state index contributed by atoms with van der Waals surface area (Å²) >= 11 is 8.56. The third-order valence-electron chi connectivity index (χ3n) is 0.762. The number of pyridine rings is 1. The molecule has 10 heavy (non-hydrogen) atoms. The highest BCUT2D eigenvalue weighted by Gasteiger charge is 1.98. The van der Waals surface area contributed by atoms with Gasteiger partial charge in [0, 0.05) is 10.5 Å². The molecular formula is C6H5BrClNO. The standard InChI is InChI=1S/C6H5BrClNO/c1-10-6-2-4(7)5(8)3-9-6/h2-3H,1H3/i1D3,2D,3D. The quantitative estimate of drug-likeness (QED) is 0.735. The maximum atomic E-state index is 7.46. The molecule has 0 aliphatic carbocycles. The third-order valence-corrected chi connectivity index (χ3v) is 1.86. The first-order valence-electron chi connectivity index (χ1n) is 4.73. The van der Waals surface area contributed by atoms with Gasteiger partial charge in [-0.1, -0.05) is 11.6 Å². The van der Waals surface area contributed by atoms with Crippen LogP contribution in [0.2, 0.25) is 5.02 Å². The second kappa shape index (κ2) is 3.21. The number of nitrogens with zero attached hydrogens (tertiary/aromatic N) is 1. The Kier molecular flexibility index (Phi) is 1.10. The molecule has 1 heterocycles. The van der Waals surface area contributed by atoms with E-state index in [1.165, 1.54) is 0 Å². The number of halogens is 2. The van der Waals surface area contributed by atoms with Gasteiger partial charge < -0.3 is 4.74 Å². The van der Waals surface area contributed by atoms with Crippen molar-refractivity contribution in [3.63, 3.8) is 0 Å². The first kappa shape index (κ1) is 3.41. The summed E-state index contributed by atoms with van der Waals surface area (Å²) in [5.41, 5.74) is 0. The molecule has 0 unspecified atom stereocenters. The van der Waals surface area contributed by atoms with Crippen LogP contribution in [0.1, 0.15) is 6.85 Å². The average Bonchev–Trinajstić information content (AvgIpc) is 2.08. The second-order valence-electron chi connectivity index (χ2n) is 1.38. The van der Waals surface area contributed by atoms with Gasteiger partial charge in [0.2, 0.25) is 5.88 Å². The van der Waals surface area contributed by atoms with Gasteiger partial charge >= 0.3 is 0 Å². The van der Waals surface area contributed by atoms with Crippen LogP contribution in [0.5, 0.6) is 5.88 Å². The highest BCUT2D eigenvalue weighted by atomic mass is 79.9. The van der Waals surface area contributed by atoms with Gasteiger partial charge in [0.15, 0.2) is 0 Å². The molecule has 54 valence electrons. The van der Waals surface area contributed by atoms with E-state index in [1.807, 2.05) is 0 Å². The van der Waals surface area contributed by atoms with Crippen molar-refractivity contribution in [3.05, 3.63) is 21.7 Å². The van der Waals surface area contributed by atoms with Gasteiger partial charge in [-0.15, -0.1) is 0 Å². The monoisotopic (exact) mass is 226 g/mol. The maximum Gasteiger partial charge on any atom is 0.214 e. The Balaban J connectivity index is 3.21. The van der Waals surface area contributed by atoms with E-state index in [0.717, 1.165) is 0 Å². The molecule has 1 rings (SSSR count). The highest BCUT2D eigenvalue weighted by molar-refractivity contribution is 9.10. The summed E-state index contributed by atoms with van der Waals surface area (Å²) in [6.07, 6.45) is -0.348. The van der Waals surface area contributed by atoms with E-state index in [1.54, 1.807) is 0 Å². The first-order chi connectivity index (χ1) is 6.72. The van der Waals surface area contributed by atoms with Gasteiger partial charge in [-0.05, 0) is 15.9 Å². The van der Waals surface area contributed by atoms with Crippen LogP contribution in [0.3, 0.4) is 0 Å². The Labute approximate surface area is 79.3 Å². The minimum absolute atomic E-state index is 0.0575. The molecule has 0 atom stereocenters. The van der Waals surface area contributed by atoms with Crippen molar-refractivity contribution < 1.29 is 11.6 Å². The van der Waals surface area contributed by atoms with Crippen LogP contribution in [0.4, 0.5) is 0 Å². The summed E-state index contributed by atoms with van der Waals surface area (Å²) in [6, 6.07) is -0.299. The van der Waals surface area contributed by atoms with E-state index >= 15 is 0 Å². The molecular weight excluding hydrogens is 217 g/mol. The van der Waals surface area contributed by atoms with Crippen molar-refractivity contribution in [2.75, 3.05) is 7.04 Å². The third kappa shape index (κ3) is 1.61. The van der Waals surface area contributed by atoms with Crippen molar-refractivity contribution in [3.8, 4) is 5.88 Å². The molecule has 0 spiro atoms. The Hall–Kier alpha value is -0.280. The van der Waals surface area contributed by atoms with Crippen LogP contribution < -0.4 is 4.74 Å². The fraction of sp³-hybridized carbons (Fsp3) is 0.167. The van der Waals surface area contributed by atoms with Gasteiger partial charge in [-0.3, -0.25) is 0 Å². The normalized spacial score (nSPS) is 18.0. The Morgan fingerprint density at radius 1 is 2.00 bits per heavy atom. The summed E-state index contributed by atoms with van der Waals surface area (Å²) in [7, 11) is -2.71. The maximum absolute atomic E-state index is 7.46. The Bertz CT molecular complexity index is 396. The van der Waals surface area contributed by atoms with Gasteiger partial charge in [-0.2, -0.15) is 0 Å². The number of ether oxygens (including phenoxy) is 1. The smallest absolute Gasteiger partial charge is 0.214 e. The number of hydrogen-bond donors (Lipinski definition) is 0. The van der Waals surface area contributed by atoms with Crippen LogP contribution >= 0.6 is 27.5 Å². The first-order valence-corrected chi connectivity index (χ1v) is 3.40. The summed E-state index contributed by atoms with van der Waals surface area (Å²) in [5.74, 6) is -0.448. The van der Waals surface area contributed by atoms with Crippen molar-refractivity contribution in [2.24, 2.45) is 0 Å². The second-order valence-corrected chi connectivity index (χ2v) is 2.55. The molecule has 0 saturated carbocycles. The van der Waals surface area contributed by atoms with Crippen molar-refractivity contribution in [1.82, 2.24) is 4.98 Å². The van der Waals surface area contributed by atoms with E-state index in [-0.39, 0.29) is 21.7 Å². The molecule has 0 fully saturated rings. The summed E-state index contributed by atoms with van der Waals surface area (Å²) < 4.78 is 39.8. The number of aromatic nitrogens is 1. The molecule has 0 amide bonds. The predicted molar refractivity (Wildman–Crippen MR) is 43.5 cm³/mol. The summed E-state index contributed by atoms with van der Waals surface area (Å²) in [4.78, 5) is 3.45. The molecule has 0 bridgehead atoms. The Morgan fingerprint density at radius 2 is 2.80 bits per heavy atom. The minimum atomic E-state index is -2.71. The zero-order valence-corrected chi connectivity index (χ0v) is 6.95. The molecule has 2 nitrogen and oxygen atoms in total. The molecule has 4 heteroatoms. The van der Waals surface area contributed by atoms with E-state index in [2.05, 4.69) is 25.7 Å². The summed E-state index contributed by atoms with van der Waals surface area (Å²) in [5, 5.41) is -0.0575. The van der Waals surface area contributed by atoms with Crippen LogP contribution in [0, 0.1) is 0 Å². The lowest BCUT2D eigenvalue weighted by Gasteiger charge is -1.98. The molecule has 0 N–H and O–H groups in total. The lowest BCUT2D eigenvalue weighted by molar-refractivity contribution is 0.397. The average molecular weight is 227 g/mol. The molecule has 1 aromatic heterocycles. The predicted octanol–water partition coefficient (Wildman–Crippen LogP) is 2.51. The number of hydrogen-bond acceptors (Lipinski definition) is 2. The highest BCUT2D eigenvalue weighted by Crippen LogP contribution is 2.23. The van der Waals surface area contributed by atoms with Crippen LogP contribution in [-0.4, -0.2) is 12.0 Å². The van der Waals surface area contributed by atoms with Gasteiger partial charge in [0.05, 0.1) is 25.1 Å². The fourth-order valence-corrected chi connectivity index (χ4v) is 0.722. The van der Waals surface area contributed by atoms with Crippen LogP contribution in [0.25, 0.3) is 0 Å². The number of rotatable bonds is 1. The van der Waals surface area contributed by atoms with E-state index in [9.17, 15) is 0 Å². The molecule has 0 aliphatic rings. The molecule has 0 aromatic carbocycles. The minimum Gasteiger partial charge on any atom is -0.481 e. The lowest BCUT2D eigenvalue weighted by Crippen LogP contribution is -1.85. The van der Waals surface area contributed by atoms with E-state index in [4.69, 9.17) is 18.5 Å². The van der Waals surface area contributed by atoms with Crippen molar-refractivity contribution >= 4 is 27.5 Å². The summed E-state index contributed by atoms with van der Waals surface area (Å²) in [6.45, 7) is 0. The molecule has 0 radical (unpaired) electrons. The van der Waals surface area contributed by atoms with Gasteiger partial charge in [0.1, 0.15) is 0 Å². The zero-order chi connectivity index (χ0) is 11.8. The van der Waals surface area contributed by atoms with Crippen LogP contribution in [0.15, 0.2) is 16.7 Å². The molecule has 1 aromatic rings. The van der Waals surface area contributed by atoms with Crippen LogP contribution in [-0.2, 0) is 0 Å². The van der Waals surface area contributed by atoms with Crippen molar-refractivity contribution in [1.29, 1.82) is 0 Å². The Morgan fingerprint density at radius 3 is 3.50 bits per heavy atom. The molecule has 0 aliphatic heterocycles.